The third kappa shape index (κ3) is 8.61. The molecular formula is C22H34F3IN4. The van der Waals surface area contributed by atoms with Gasteiger partial charge in [-0.05, 0) is 69.0 Å². The number of hydrogen-bond donors (Lipinski definition) is 2. The normalized spacial score (nSPS) is 23.0. The fourth-order valence-corrected chi connectivity index (χ4v) is 4.19. The zero-order valence-electron chi connectivity index (χ0n) is 17.6. The lowest BCUT2D eigenvalue weighted by Crippen LogP contribution is -2.41. The molecule has 2 atom stereocenters. The van der Waals surface area contributed by atoms with E-state index >= 15 is 0 Å². The van der Waals surface area contributed by atoms with Crippen LogP contribution in [0.3, 0.4) is 0 Å². The Morgan fingerprint density at radius 3 is 2.47 bits per heavy atom. The summed E-state index contributed by atoms with van der Waals surface area (Å²) in [5, 5.41) is 6.70. The lowest BCUT2D eigenvalue weighted by molar-refractivity contribution is -0.148. The zero-order valence-corrected chi connectivity index (χ0v) is 20.0. The molecule has 30 heavy (non-hydrogen) atoms. The number of nitrogens with zero attached hydrogens (tertiary/aromatic N) is 2. The number of guanidine groups is 1. The van der Waals surface area contributed by atoms with Gasteiger partial charge in [-0.3, -0.25) is 9.89 Å². The second kappa shape index (κ2) is 12.1. The molecule has 1 aromatic carbocycles. The summed E-state index contributed by atoms with van der Waals surface area (Å²) >= 11 is 0. The number of halogens is 4. The van der Waals surface area contributed by atoms with E-state index in [9.17, 15) is 13.2 Å². The number of alkyl halides is 3. The van der Waals surface area contributed by atoms with Crippen LogP contribution < -0.4 is 10.6 Å². The molecule has 1 aliphatic heterocycles. The minimum absolute atomic E-state index is 0. The molecule has 0 bridgehead atoms. The highest BCUT2D eigenvalue weighted by atomic mass is 127. The van der Waals surface area contributed by atoms with Crippen molar-refractivity contribution in [1.29, 1.82) is 0 Å². The molecule has 2 aliphatic rings. The molecule has 170 valence electrons. The van der Waals surface area contributed by atoms with Crippen molar-refractivity contribution in [1.82, 2.24) is 15.5 Å². The first-order valence-corrected chi connectivity index (χ1v) is 10.8. The van der Waals surface area contributed by atoms with Gasteiger partial charge in [-0.25, -0.2) is 0 Å². The highest BCUT2D eigenvalue weighted by Crippen LogP contribution is 2.47. The van der Waals surface area contributed by atoms with E-state index in [0.717, 1.165) is 44.9 Å². The maximum atomic E-state index is 12.5. The van der Waals surface area contributed by atoms with Crippen molar-refractivity contribution in [3.05, 3.63) is 35.9 Å². The van der Waals surface area contributed by atoms with Gasteiger partial charge < -0.3 is 10.6 Å². The summed E-state index contributed by atoms with van der Waals surface area (Å²) in [4.78, 5) is 6.27. The quantitative estimate of drug-likeness (QED) is 0.288. The van der Waals surface area contributed by atoms with E-state index in [0.29, 0.717) is 30.8 Å². The SMILES string of the molecule is CCNC(=NCC1CC1c1ccccc1)NCCC1CCN(CC(F)(F)F)CC1.I. The maximum Gasteiger partial charge on any atom is 0.401 e. The standard InChI is InChI=1S/C22H33F3N4.HI/c1-2-26-21(28-15-19-14-20(19)18-6-4-3-5-7-18)27-11-8-17-9-12-29(13-10-17)16-22(23,24)25;/h3-7,17,19-20H,2,8-16H2,1H3,(H2,26,27,28);1H. The van der Waals surface area contributed by atoms with Gasteiger partial charge in [0.2, 0.25) is 0 Å². The van der Waals surface area contributed by atoms with E-state index < -0.39 is 12.7 Å². The van der Waals surface area contributed by atoms with Crippen molar-refractivity contribution >= 4 is 29.9 Å². The molecule has 0 spiro atoms. The lowest BCUT2D eigenvalue weighted by atomic mass is 9.93. The van der Waals surface area contributed by atoms with E-state index in [2.05, 4.69) is 41.8 Å². The zero-order chi connectivity index (χ0) is 20.7. The number of benzene rings is 1. The van der Waals surface area contributed by atoms with Gasteiger partial charge in [-0.2, -0.15) is 13.2 Å². The molecule has 0 aromatic heterocycles. The average molecular weight is 538 g/mol. The molecule has 2 unspecified atom stereocenters. The van der Waals surface area contributed by atoms with Gasteiger partial charge in [0, 0.05) is 19.6 Å². The van der Waals surface area contributed by atoms with Crippen LogP contribution in [0.1, 0.15) is 44.1 Å². The molecule has 1 aromatic rings. The lowest BCUT2D eigenvalue weighted by Gasteiger charge is -2.32. The van der Waals surface area contributed by atoms with Gasteiger partial charge in [0.05, 0.1) is 6.54 Å². The van der Waals surface area contributed by atoms with Crippen molar-refractivity contribution in [3.63, 3.8) is 0 Å². The van der Waals surface area contributed by atoms with Crippen LogP contribution >= 0.6 is 24.0 Å². The van der Waals surface area contributed by atoms with Crippen molar-refractivity contribution < 1.29 is 13.2 Å². The second-order valence-electron chi connectivity index (χ2n) is 8.28. The van der Waals surface area contributed by atoms with Gasteiger partial charge >= 0.3 is 6.18 Å². The van der Waals surface area contributed by atoms with Gasteiger partial charge in [0.25, 0.3) is 0 Å². The second-order valence-corrected chi connectivity index (χ2v) is 8.28. The molecule has 1 saturated carbocycles. The molecular weight excluding hydrogens is 504 g/mol. The molecule has 1 heterocycles. The summed E-state index contributed by atoms with van der Waals surface area (Å²) < 4.78 is 37.5. The van der Waals surface area contributed by atoms with Gasteiger partial charge in [-0.1, -0.05) is 30.3 Å². The Hall–Kier alpha value is -1.03. The summed E-state index contributed by atoms with van der Waals surface area (Å²) in [6.45, 7) is 4.81. The number of rotatable bonds is 8. The van der Waals surface area contributed by atoms with Gasteiger partial charge in [0.15, 0.2) is 5.96 Å². The summed E-state index contributed by atoms with van der Waals surface area (Å²) in [6.07, 6.45) is -0.241. The fraction of sp³-hybridized carbons (Fsp3) is 0.682. The highest BCUT2D eigenvalue weighted by Gasteiger charge is 2.37. The van der Waals surface area contributed by atoms with E-state index in [4.69, 9.17) is 4.99 Å². The minimum atomic E-state index is -4.09. The first-order valence-electron chi connectivity index (χ1n) is 10.8. The van der Waals surface area contributed by atoms with Crippen molar-refractivity contribution in [2.45, 2.75) is 44.7 Å². The number of aliphatic imine (C=N–C) groups is 1. The summed E-state index contributed by atoms with van der Waals surface area (Å²) in [5.74, 6) is 2.58. The first-order chi connectivity index (χ1) is 13.9. The molecule has 0 radical (unpaired) electrons. The third-order valence-corrected chi connectivity index (χ3v) is 5.93. The van der Waals surface area contributed by atoms with E-state index in [1.807, 2.05) is 6.07 Å². The Morgan fingerprint density at radius 2 is 1.83 bits per heavy atom. The minimum Gasteiger partial charge on any atom is -0.357 e. The molecule has 4 nitrogen and oxygen atoms in total. The topological polar surface area (TPSA) is 39.7 Å². The van der Waals surface area contributed by atoms with Crippen LogP contribution in [0.5, 0.6) is 0 Å². The maximum absolute atomic E-state index is 12.5. The Labute approximate surface area is 195 Å². The fourth-order valence-electron chi connectivity index (χ4n) is 4.19. The van der Waals surface area contributed by atoms with Crippen LogP contribution in [0.15, 0.2) is 35.3 Å². The molecule has 3 rings (SSSR count). The smallest absolute Gasteiger partial charge is 0.357 e. The molecule has 1 aliphatic carbocycles. The van der Waals surface area contributed by atoms with E-state index in [-0.39, 0.29) is 24.0 Å². The number of likely N-dealkylation sites (tertiary alicyclic amines) is 1. The highest BCUT2D eigenvalue weighted by molar-refractivity contribution is 14.0. The van der Waals surface area contributed by atoms with Crippen LogP contribution in [0.4, 0.5) is 13.2 Å². The van der Waals surface area contributed by atoms with Crippen LogP contribution in [-0.4, -0.2) is 56.3 Å². The Balaban J connectivity index is 0.00000320. The van der Waals surface area contributed by atoms with Gasteiger partial charge in [0.1, 0.15) is 0 Å². The van der Waals surface area contributed by atoms with Crippen molar-refractivity contribution in [2.24, 2.45) is 16.8 Å². The molecule has 2 fully saturated rings. The summed E-state index contributed by atoms with van der Waals surface area (Å²) in [5.41, 5.74) is 1.41. The third-order valence-electron chi connectivity index (χ3n) is 5.93. The monoisotopic (exact) mass is 538 g/mol. The van der Waals surface area contributed by atoms with E-state index in [1.54, 1.807) is 0 Å². The van der Waals surface area contributed by atoms with Crippen LogP contribution in [0.2, 0.25) is 0 Å². The van der Waals surface area contributed by atoms with Gasteiger partial charge in [-0.15, -0.1) is 24.0 Å². The summed E-state index contributed by atoms with van der Waals surface area (Å²) in [6, 6.07) is 10.6. The van der Waals surface area contributed by atoms with Crippen LogP contribution in [-0.2, 0) is 0 Å². The van der Waals surface area contributed by atoms with Crippen molar-refractivity contribution in [2.75, 3.05) is 39.3 Å². The number of hydrogen-bond acceptors (Lipinski definition) is 2. The van der Waals surface area contributed by atoms with Crippen LogP contribution in [0, 0.1) is 11.8 Å². The Kier molecular flexibility index (Phi) is 10.2. The Morgan fingerprint density at radius 1 is 1.13 bits per heavy atom. The first kappa shape index (κ1) is 25.2. The molecule has 8 heteroatoms. The molecule has 2 N–H and O–H groups in total. The average Bonchev–Trinajstić information content (AvgIpc) is 3.47. The molecule has 1 saturated heterocycles. The largest absolute Gasteiger partial charge is 0.401 e. The molecule has 0 amide bonds. The number of piperidine rings is 1. The number of nitrogens with one attached hydrogen (secondary N) is 2. The Bertz CT molecular complexity index is 646. The van der Waals surface area contributed by atoms with Crippen LogP contribution in [0.25, 0.3) is 0 Å². The van der Waals surface area contributed by atoms with Crippen molar-refractivity contribution in [3.8, 4) is 0 Å². The summed E-state index contributed by atoms with van der Waals surface area (Å²) in [7, 11) is 0. The predicted octanol–water partition coefficient (Wildman–Crippen LogP) is 4.63. The van der Waals surface area contributed by atoms with E-state index in [1.165, 1.54) is 16.9 Å². The predicted molar refractivity (Wildman–Crippen MR) is 127 cm³/mol.